The van der Waals surface area contributed by atoms with Crippen LogP contribution in [0.15, 0.2) is 24.5 Å². The van der Waals surface area contributed by atoms with Crippen LogP contribution < -0.4 is 5.32 Å². The number of pyridine rings is 1. The third-order valence-electron chi connectivity index (χ3n) is 3.93. The van der Waals surface area contributed by atoms with Crippen molar-refractivity contribution in [1.82, 2.24) is 10.3 Å². The van der Waals surface area contributed by atoms with E-state index in [1.807, 2.05) is 6.92 Å². The van der Waals surface area contributed by atoms with Gasteiger partial charge < -0.3 is 15.5 Å². The van der Waals surface area contributed by atoms with Crippen LogP contribution >= 0.6 is 0 Å². The smallest absolute Gasteiger partial charge is 0.244 e. The summed E-state index contributed by atoms with van der Waals surface area (Å²) in [5.41, 5.74) is 0.437. The van der Waals surface area contributed by atoms with Gasteiger partial charge in [0.25, 0.3) is 0 Å². The number of aliphatic hydroxyl groups excluding tert-OH is 1. The molecule has 3 N–H and O–H groups in total. The number of carbonyl (C=O) groups is 1. The van der Waals surface area contributed by atoms with Crippen LogP contribution in [-0.2, 0) is 4.79 Å². The molecule has 1 heterocycles. The van der Waals surface area contributed by atoms with Gasteiger partial charge in [0.2, 0.25) is 5.91 Å². The molecule has 2 rings (SSSR count). The van der Waals surface area contributed by atoms with E-state index in [4.69, 9.17) is 0 Å². The first-order valence-corrected chi connectivity index (χ1v) is 6.77. The minimum atomic E-state index is -0.226. The summed E-state index contributed by atoms with van der Waals surface area (Å²) >= 11 is 0. The van der Waals surface area contributed by atoms with E-state index in [0.29, 0.717) is 5.56 Å². The second-order valence-electron chi connectivity index (χ2n) is 5.58. The Balaban J connectivity index is 1.96. The normalized spacial score (nSPS) is 26.0. The molecular formula is C15H20N2O3. The van der Waals surface area contributed by atoms with Crippen LogP contribution in [0.5, 0.6) is 5.75 Å². The number of aliphatic hydroxyl groups is 1. The van der Waals surface area contributed by atoms with Crippen molar-refractivity contribution in [3.63, 3.8) is 0 Å². The molecule has 20 heavy (non-hydrogen) atoms. The fourth-order valence-corrected chi connectivity index (χ4v) is 2.60. The van der Waals surface area contributed by atoms with Crippen molar-refractivity contribution in [2.45, 2.75) is 32.2 Å². The number of carbonyl (C=O) groups excluding carboxylic acids is 1. The molecule has 1 saturated carbocycles. The molecule has 1 aliphatic carbocycles. The molecule has 2 atom stereocenters. The highest BCUT2D eigenvalue weighted by Crippen LogP contribution is 2.37. The number of aromatic hydroxyl groups is 1. The van der Waals surface area contributed by atoms with Crippen LogP contribution in [0.3, 0.4) is 0 Å². The fourth-order valence-electron chi connectivity index (χ4n) is 2.60. The van der Waals surface area contributed by atoms with Crippen molar-refractivity contribution in [2.24, 2.45) is 5.41 Å². The summed E-state index contributed by atoms with van der Waals surface area (Å²) in [6.45, 7) is 2.08. The van der Waals surface area contributed by atoms with Gasteiger partial charge in [-0.25, -0.2) is 0 Å². The molecule has 0 spiro atoms. The molecule has 1 fully saturated rings. The molecule has 0 aliphatic heterocycles. The van der Waals surface area contributed by atoms with E-state index in [-0.39, 0.29) is 29.7 Å². The summed E-state index contributed by atoms with van der Waals surface area (Å²) < 4.78 is 0. The number of hydrogen-bond acceptors (Lipinski definition) is 4. The van der Waals surface area contributed by atoms with Crippen LogP contribution in [0.1, 0.15) is 31.7 Å². The van der Waals surface area contributed by atoms with Gasteiger partial charge in [-0.05, 0) is 30.5 Å². The Hall–Kier alpha value is -1.88. The van der Waals surface area contributed by atoms with E-state index in [1.165, 1.54) is 18.3 Å². The average Bonchev–Trinajstić information content (AvgIpc) is 2.79. The Morgan fingerprint density at radius 3 is 3.10 bits per heavy atom. The molecule has 0 saturated heterocycles. The standard InChI is InChI=1S/C15H20N2O3/c1-15(10-18)6-2-3-13(15)17-14(20)5-4-11-7-12(19)9-16-8-11/h4-5,7-9,13,18-19H,2-3,6,10H2,1H3,(H,17,20)/b5-4+. The zero-order valence-corrected chi connectivity index (χ0v) is 11.5. The maximum absolute atomic E-state index is 11.9. The Bertz CT molecular complexity index is 516. The van der Waals surface area contributed by atoms with Gasteiger partial charge in [0.05, 0.1) is 12.8 Å². The summed E-state index contributed by atoms with van der Waals surface area (Å²) in [7, 11) is 0. The van der Waals surface area contributed by atoms with Crippen LogP contribution in [-0.4, -0.2) is 33.8 Å². The molecule has 0 radical (unpaired) electrons. The third kappa shape index (κ3) is 3.36. The van der Waals surface area contributed by atoms with Gasteiger partial charge in [0.1, 0.15) is 5.75 Å². The molecule has 1 amide bonds. The molecule has 108 valence electrons. The minimum Gasteiger partial charge on any atom is -0.506 e. The lowest BCUT2D eigenvalue weighted by Crippen LogP contribution is -2.44. The summed E-state index contributed by atoms with van der Waals surface area (Å²) in [6, 6.07) is 1.54. The van der Waals surface area contributed by atoms with E-state index < -0.39 is 0 Å². The van der Waals surface area contributed by atoms with E-state index >= 15 is 0 Å². The highest BCUT2D eigenvalue weighted by molar-refractivity contribution is 5.92. The van der Waals surface area contributed by atoms with Crippen LogP contribution in [0.2, 0.25) is 0 Å². The number of aromatic nitrogens is 1. The largest absolute Gasteiger partial charge is 0.506 e. The van der Waals surface area contributed by atoms with Gasteiger partial charge in [-0.1, -0.05) is 13.3 Å². The maximum atomic E-state index is 11.9. The number of hydrogen-bond donors (Lipinski definition) is 3. The van der Waals surface area contributed by atoms with Gasteiger partial charge in [-0.2, -0.15) is 0 Å². The molecule has 1 aliphatic rings. The predicted octanol–water partition coefficient (Wildman–Crippen LogP) is 1.47. The Morgan fingerprint density at radius 2 is 2.40 bits per heavy atom. The van der Waals surface area contributed by atoms with E-state index in [2.05, 4.69) is 10.3 Å². The zero-order chi connectivity index (χ0) is 14.6. The summed E-state index contributed by atoms with van der Waals surface area (Å²) in [5, 5.41) is 21.7. The Morgan fingerprint density at radius 1 is 1.60 bits per heavy atom. The highest BCUT2D eigenvalue weighted by atomic mass is 16.3. The molecule has 1 aromatic rings. The topological polar surface area (TPSA) is 82.5 Å². The fraction of sp³-hybridized carbons (Fsp3) is 0.467. The zero-order valence-electron chi connectivity index (χ0n) is 11.5. The molecule has 5 nitrogen and oxygen atoms in total. The molecule has 2 unspecified atom stereocenters. The minimum absolute atomic E-state index is 0.00644. The van der Waals surface area contributed by atoms with Crippen LogP contribution in [0.25, 0.3) is 6.08 Å². The summed E-state index contributed by atoms with van der Waals surface area (Å²) in [5.74, 6) is -0.129. The average molecular weight is 276 g/mol. The van der Waals surface area contributed by atoms with Crippen molar-refractivity contribution in [3.8, 4) is 5.75 Å². The second-order valence-corrected chi connectivity index (χ2v) is 5.58. The Labute approximate surface area is 118 Å². The van der Waals surface area contributed by atoms with Crippen molar-refractivity contribution in [2.75, 3.05) is 6.61 Å². The first-order chi connectivity index (χ1) is 9.53. The van der Waals surface area contributed by atoms with E-state index in [9.17, 15) is 15.0 Å². The highest BCUT2D eigenvalue weighted by Gasteiger charge is 2.38. The molecule has 5 heteroatoms. The van der Waals surface area contributed by atoms with Gasteiger partial charge >= 0.3 is 0 Å². The lowest BCUT2D eigenvalue weighted by molar-refractivity contribution is -0.117. The maximum Gasteiger partial charge on any atom is 0.244 e. The quantitative estimate of drug-likeness (QED) is 0.727. The summed E-state index contributed by atoms with van der Waals surface area (Å²) in [6.07, 6.45) is 8.76. The number of nitrogens with zero attached hydrogens (tertiary/aromatic N) is 1. The van der Waals surface area contributed by atoms with E-state index in [1.54, 1.807) is 12.3 Å². The third-order valence-corrected chi connectivity index (χ3v) is 3.93. The predicted molar refractivity (Wildman–Crippen MR) is 75.9 cm³/mol. The van der Waals surface area contributed by atoms with Gasteiger partial charge in [-0.15, -0.1) is 0 Å². The van der Waals surface area contributed by atoms with Gasteiger partial charge in [-0.3, -0.25) is 9.78 Å². The SMILES string of the molecule is CC1(CO)CCCC1NC(=O)/C=C/c1cncc(O)c1. The Kier molecular flexibility index (Phi) is 4.39. The second kappa shape index (κ2) is 6.05. The lowest BCUT2D eigenvalue weighted by atomic mass is 9.86. The van der Waals surface area contributed by atoms with Crippen LogP contribution in [0.4, 0.5) is 0 Å². The van der Waals surface area contributed by atoms with E-state index in [0.717, 1.165) is 19.3 Å². The van der Waals surface area contributed by atoms with Crippen molar-refractivity contribution in [1.29, 1.82) is 0 Å². The monoisotopic (exact) mass is 276 g/mol. The molecular weight excluding hydrogens is 256 g/mol. The van der Waals surface area contributed by atoms with Gasteiger partial charge in [0.15, 0.2) is 0 Å². The molecule has 0 aromatic carbocycles. The van der Waals surface area contributed by atoms with Crippen molar-refractivity contribution >= 4 is 12.0 Å². The van der Waals surface area contributed by atoms with Crippen molar-refractivity contribution < 1.29 is 15.0 Å². The number of nitrogens with one attached hydrogen (secondary N) is 1. The molecule has 0 bridgehead atoms. The van der Waals surface area contributed by atoms with Crippen LogP contribution in [0, 0.1) is 5.41 Å². The number of amides is 1. The first kappa shape index (κ1) is 14.5. The first-order valence-electron chi connectivity index (χ1n) is 6.77. The lowest BCUT2D eigenvalue weighted by Gasteiger charge is -2.29. The van der Waals surface area contributed by atoms with Crippen molar-refractivity contribution in [3.05, 3.63) is 30.1 Å². The molecule has 1 aromatic heterocycles. The number of rotatable bonds is 4. The van der Waals surface area contributed by atoms with Gasteiger partial charge in [0, 0.05) is 23.7 Å². The summed E-state index contributed by atoms with van der Waals surface area (Å²) in [4.78, 5) is 15.7.